The molecule has 0 aliphatic heterocycles. The van der Waals surface area contributed by atoms with E-state index in [0.717, 1.165) is 25.0 Å². The van der Waals surface area contributed by atoms with Crippen LogP contribution in [0.2, 0.25) is 0 Å². The van der Waals surface area contributed by atoms with E-state index in [-0.39, 0.29) is 23.0 Å². The fourth-order valence-electron chi connectivity index (χ4n) is 3.40. The molecule has 3 rings (SSSR count). The number of carbonyl (C=O) groups is 1. The molecular weight excluding hydrogens is 435 g/mol. The van der Waals surface area contributed by atoms with E-state index < -0.39 is 11.7 Å². The molecule has 0 N–H and O–H groups in total. The molecule has 1 amide bonds. The summed E-state index contributed by atoms with van der Waals surface area (Å²) in [6.07, 6.45) is -1.55. The Kier molecular flexibility index (Phi) is 8.11. The Balaban J connectivity index is 1.81. The summed E-state index contributed by atoms with van der Waals surface area (Å²) in [6, 6.07) is 14.7. The third-order valence-corrected chi connectivity index (χ3v) is 5.13. The highest BCUT2D eigenvalue weighted by molar-refractivity contribution is 5.95. The third kappa shape index (κ3) is 6.35. The summed E-state index contributed by atoms with van der Waals surface area (Å²) in [4.78, 5) is 14.9. The van der Waals surface area contributed by atoms with E-state index in [1.165, 1.54) is 35.7 Å². The van der Waals surface area contributed by atoms with Gasteiger partial charge < -0.3 is 14.4 Å². The van der Waals surface area contributed by atoms with Crippen LogP contribution in [0.5, 0.6) is 5.75 Å². The lowest BCUT2D eigenvalue weighted by Crippen LogP contribution is -2.35. The Hall–Kier alpha value is -3.33. The van der Waals surface area contributed by atoms with Crippen LogP contribution in [0.15, 0.2) is 60.8 Å². The van der Waals surface area contributed by atoms with Gasteiger partial charge in [-0.1, -0.05) is 36.4 Å². The first-order chi connectivity index (χ1) is 15.8. The molecule has 0 fully saturated rings. The second-order valence-corrected chi connectivity index (χ2v) is 7.41. The first kappa shape index (κ1) is 24.3. The zero-order valence-electron chi connectivity index (χ0n) is 18.5. The predicted octanol–water partition coefficient (Wildman–Crippen LogP) is 4.62. The van der Waals surface area contributed by atoms with Gasteiger partial charge in [0.15, 0.2) is 11.4 Å². The average molecular weight is 461 g/mol. The molecule has 1 aromatic heterocycles. The Morgan fingerprint density at radius 2 is 1.82 bits per heavy atom. The van der Waals surface area contributed by atoms with E-state index in [0.29, 0.717) is 19.7 Å². The smallest absolute Gasteiger partial charge is 0.416 e. The van der Waals surface area contributed by atoms with E-state index in [4.69, 9.17) is 9.47 Å². The van der Waals surface area contributed by atoms with Crippen LogP contribution in [0.1, 0.15) is 28.0 Å². The summed E-state index contributed by atoms with van der Waals surface area (Å²) in [7, 11) is 2.94. The minimum Gasteiger partial charge on any atom is -0.493 e. The number of carbonyl (C=O) groups excluding carboxylic acids is 1. The third-order valence-electron chi connectivity index (χ3n) is 5.13. The molecule has 176 valence electrons. The van der Waals surface area contributed by atoms with E-state index >= 15 is 0 Å². The molecule has 1 heterocycles. The molecule has 0 atom stereocenters. The van der Waals surface area contributed by atoms with Crippen LogP contribution < -0.4 is 4.74 Å². The van der Waals surface area contributed by atoms with Gasteiger partial charge in [0.05, 0.1) is 31.2 Å². The maximum absolute atomic E-state index is 13.3. The number of hydrogen-bond donors (Lipinski definition) is 0. The van der Waals surface area contributed by atoms with Gasteiger partial charge in [-0.2, -0.15) is 18.3 Å². The number of aromatic nitrogens is 2. The Morgan fingerprint density at radius 1 is 1.06 bits per heavy atom. The molecule has 3 aromatic rings. The zero-order valence-corrected chi connectivity index (χ0v) is 18.5. The number of halogens is 3. The molecule has 0 bridgehead atoms. The van der Waals surface area contributed by atoms with Gasteiger partial charge in [-0.25, -0.2) is 4.68 Å². The van der Waals surface area contributed by atoms with Crippen LogP contribution in [-0.2, 0) is 17.3 Å². The van der Waals surface area contributed by atoms with Crippen molar-refractivity contribution in [3.8, 4) is 11.4 Å². The number of nitrogens with zero attached hydrogens (tertiary/aromatic N) is 3. The van der Waals surface area contributed by atoms with Crippen LogP contribution in [-0.4, -0.2) is 54.5 Å². The number of hydrogen-bond acceptors (Lipinski definition) is 4. The highest BCUT2D eigenvalue weighted by Crippen LogP contribution is 2.31. The van der Waals surface area contributed by atoms with E-state index in [1.54, 1.807) is 12.0 Å². The van der Waals surface area contributed by atoms with Gasteiger partial charge in [0.1, 0.15) is 0 Å². The second-order valence-electron chi connectivity index (χ2n) is 7.41. The lowest BCUT2D eigenvalue weighted by Gasteiger charge is -2.22. The van der Waals surface area contributed by atoms with E-state index in [2.05, 4.69) is 5.10 Å². The molecule has 33 heavy (non-hydrogen) atoms. The van der Waals surface area contributed by atoms with E-state index in [9.17, 15) is 18.0 Å². The Labute approximate surface area is 190 Å². The molecule has 0 aliphatic carbocycles. The lowest BCUT2D eigenvalue weighted by atomic mass is 10.1. The van der Waals surface area contributed by atoms with Gasteiger partial charge in [0.25, 0.3) is 5.91 Å². The van der Waals surface area contributed by atoms with Gasteiger partial charge in [-0.15, -0.1) is 0 Å². The molecule has 0 spiro atoms. The van der Waals surface area contributed by atoms with Gasteiger partial charge in [-0.3, -0.25) is 4.79 Å². The zero-order chi connectivity index (χ0) is 23.8. The minimum atomic E-state index is -4.48. The van der Waals surface area contributed by atoms with Crippen molar-refractivity contribution in [2.75, 3.05) is 33.9 Å². The Bertz CT molecular complexity index is 1050. The number of aryl methyl sites for hydroxylation is 1. The SMILES string of the molecule is COCCN(CCCc1ccccc1)C(=O)c1nn(-c2cccc(C(F)(F)F)c2)cc1OC. The average Bonchev–Trinajstić information content (AvgIpc) is 3.25. The minimum absolute atomic E-state index is 0.0331. The fraction of sp³-hybridized carbons (Fsp3) is 0.333. The molecule has 2 aromatic carbocycles. The lowest BCUT2D eigenvalue weighted by molar-refractivity contribution is -0.137. The van der Waals surface area contributed by atoms with Crippen LogP contribution in [0.25, 0.3) is 5.69 Å². The normalized spacial score (nSPS) is 11.4. The summed E-state index contributed by atoms with van der Waals surface area (Å²) < 4.78 is 51.0. The molecule has 6 nitrogen and oxygen atoms in total. The predicted molar refractivity (Wildman–Crippen MR) is 118 cm³/mol. The first-order valence-electron chi connectivity index (χ1n) is 10.5. The van der Waals surface area contributed by atoms with Crippen LogP contribution in [0.3, 0.4) is 0 Å². The van der Waals surface area contributed by atoms with Crippen molar-refractivity contribution in [3.63, 3.8) is 0 Å². The molecule has 9 heteroatoms. The first-order valence-corrected chi connectivity index (χ1v) is 10.5. The largest absolute Gasteiger partial charge is 0.493 e. The molecule has 0 unspecified atom stereocenters. The maximum Gasteiger partial charge on any atom is 0.416 e. The summed E-state index contributed by atoms with van der Waals surface area (Å²) >= 11 is 0. The van der Waals surface area contributed by atoms with Crippen molar-refractivity contribution in [3.05, 3.63) is 77.6 Å². The van der Waals surface area contributed by atoms with E-state index in [1.807, 2.05) is 30.3 Å². The van der Waals surface area contributed by atoms with Gasteiger partial charge in [0.2, 0.25) is 0 Å². The quantitative estimate of drug-likeness (QED) is 0.442. The van der Waals surface area contributed by atoms with Crippen molar-refractivity contribution < 1.29 is 27.4 Å². The summed E-state index contributed by atoms with van der Waals surface area (Å²) in [6.45, 7) is 1.16. The summed E-state index contributed by atoms with van der Waals surface area (Å²) in [5.41, 5.74) is 0.577. The van der Waals surface area contributed by atoms with Crippen LogP contribution >= 0.6 is 0 Å². The maximum atomic E-state index is 13.3. The number of amides is 1. The fourth-order valence-corrected chi connectivity index (χ4v) is 3.40. The highest BCUT2D eigenvalue weighted by atomic mass is 19.4. The standard InChI is InChI=1S/C24H26F3N3O3/c1-32-15-14-29(13-7-10-18-8-4-3-5-9-18)23(31)22-21(33-2)17-30(28-22)20-12-6-11-19(16-20)24(25,26)27/h3-6,8-9,11-12,16-17H,7,10,13-15H2,1-2H3. The second kappa shape index (κ2) is 11.0. The molecular formula is C24H26F3N3O3. The van der Waals surface area contributed by atoms with Gasteiger partial charge >= 0.3 is 6.18 Å². The van der Waals surface area contributed by atoms with Crippen molar-refractivity contribution in [2.24, 2.45) is 0 Å². The topological polar surface area (TPSA) is 56.6 Å². The summed E-state index contributed by atoms with van der Waals surface area (Å²) in [5, 5.41) is 4.26. The van der Waals surface area contributed by atoms with Crippen molar-refractivity contribution in [2.45, 2.75) is 19.0 Å². The number of benzene rings is 2. The molecule has 0 saturated heterocycles. The molecule has 0 aliphatic rings. The summed E-state index contributed by atoms with van der Waals surface area (Å²) in [5.74, 6) is -0.189. The van der Waals surface area contributed by atoms with Gasteiger partial charge in [0, 0.05) is 20.2 Å². The monoisotopic (exact) mass is 461 g/mol. The number of ether oxygens (including phenoxy) is 2. The number of rotatable bonds is 10. The van der Waals surface area contributed by atoms with Crippen molar-refractivity contribution >= 4 is 5.91 Å². The van der Waals surface area contributed by atoms with Crippen molar-refractivity contribution in [1.29, 1.82) is 0 Å². The van der Waals surface area contributed by atoms with Gasteiger partial charge in [-0.05, 0) is 36.6 Å². The molecule has 0 saturated carbocycles. The van der Waals surface area contributed by atoms with Crippen LogP contribution in [0, 0.1) is 0 Å². The number of methoxy groups -OCH3 is 2. The van der Waals surface area contributed by atoms with Crippen LogP contribution in [0.4, 0.5) is 13.2 Å². The van der Waals surface area contributed by atoms with Crippen molar-refractivity contribution in [1.82, 2.24) is 14.7 Å². The Morgan fingerprint density at radius 3 is 2.48 bits per heavy atom. The number of alkyl halides is 3. The molecule has 0 radical (unpaired) electrons. The highest BCUT2D eigenvalue weighted by Gasteiger charge is 2.31.